The molecule has 1 heterocycles. The van der Waals surface area contributed by atoms with Crippen molar-refractivity contribution in [1.29, 1.82) is 0 Å². The van der Waals surface area contributed by atoms with Crippen LogP contribution in [-0.4, -0.2) is 23.8 Å². The van der Waals surface area contributed by atoms with Gasteiger partial charge in [0, 0.05) is 5.56 Å². The van der Waals surface area contributed by atoms with E-state index in [-0.39, 0.29) is 18.0 Å². The zero-order valence-electron chi connectivity index (χ0n) is 13.6. The Morgan fingerprint density at radius 1 is 1.20 bits per heavy atom. The Hall–Kier alpha value is -3.42. The second-order valence-corrected chi connectivity index (χ2v) is 5.52. The summed E-state index contributed by atoms with van der Waals surface area (Å²) in [5, 5.41) is 15.0. The fourth-order valence-corrected chi connectivity index (χ4v) is 2.32. The maximum Gasteiger partial charge on any atom is 0.282 e. The number of carbonyl (C=O) groups excluding carboxylic acids is 1. The minimum atomic E-state index is -0.547. The van der Waals surface area contributed by atoms with E-state index in [1.807, 2.05) is 19.9 Å². The highest BCUT2D eigenvalue weighted by molar-refractivity contribution is 5.95. The van der Waals surface area contributed by atoms with Gasteiger partial charge in [0.15, 0.2) is 11.5 Å². The van der Waals surface area contributed by atoms with E-state index < -0.39 is 10.8 Å². The predicted octanol–water partition coefficient (Wildman–Crippen LogP) is 2.70. The topological polar surface area (TPSA) is 103 Å². The van der Waals surface area contributed by atoms with Gasteiger partial charge in [-0.2, -0.15) is 5.10 Å². The first kappa shape index (κ1) is 16.4. The lowest BCUT2D eigenvalue weighted by atomic mass is 10.1. The molecule has 0 saturated heterocycles. The molecule has 1 N–H and O–H groups in total. The number of fused-ring (bicyclic) bond motifs is 1. The molecule has 3 rings (SSSR count). The molecule has 0 radical (unpaired) electrons. The number of benzene rings is 2. The molecule has 8 heteroatoms. The molecule has 1 aliphatic heterocycles. The van der Waals surface area contributed by atoms with E-state index in [0.717, 1.165) is 11.1 Å². The highest BCUT2D eigenvalue weighted by atomic mass is 16.7. The van der Waals surface area contributed by atoms with Gasteiger partial charge < -0.3 is 9.47 Å². The van der Waals surface area contributed by atoms with Gasteiger partial charge in [-0.3, -0.25) is 14.9 Å². The van der Waals surface area contributed by atoms with Crippen molar-refractivity contribution in [3.05, 3.63) is 62.7 Å². The molecule has 0 atom stereocenters. The molecule has 25 heavy (non-hydrogen) atoms. The van der Waals surface area contributed by atoms with Gasteiger partial charge in [-0.05, 0) is 43.2 Å². The minimum Gasteiger partial charge on any atom is -0.454 e. The van der Waals surface area contributed by atoms with E-state index in [1.54, 1.807) is 12.1 Å². The van der Waals surface area contributed by atoms with Crippen molar-refractivity contribution in [3.8, 4) is 11.5 Å². The van der Waals surface area contributed by atoms with Gasteiger partial charge in [0.2, 0.25) is 6.79 Å². The molecule has 8 nitrogen and oxygen atoms in total. The third-order valence-corrected chi connectivity index (χ3v) is 3.86. The predicted molar refractivity (Wildman–Crippen MR) is 90.2 cm³/mol. The molecular weight excluding hydrogens is 326 g/mol. The van der Waals surface area contributed by atoms with Crippen molar-refractivity contribution in [3.63, 3.8) is 0 Å². The maximum atomic E-state index is 12.1. The molecule has 1 amide bonds. The number of hydrogen-bond acceptors (Lipinski definition) is 6. The largest absolute Gasteiger partial charge is 0.454 e. The number of aryl methyl sites for hydroxylation is 2. The molecule has 0 bridgehead atoms. The Morgan fingerprint density at radius 2 is 1.92 bits per heavy atom. The average molecular weight is 341 g/mol. The number of nitrogens with zero attached hydrogens (tertiary/aromatic N) is 2. The first-order valence-electron chi connectivity index (χ1n) is 7.44. The number of rotatable bonds is 4. The SMILES string of the molecule is Cc1ccc(C(=O)NN=Cc2cc3c(cc2[N+](=O)[O-])OCO3)cc1C. The molecule has 128 valence electrons. The monoisotopic (exact) mass is 341 g/mol. The highest BCUT2D eigenvalue weighted by Crippen LogP contribution is 2.37. The molecule has 2 aromatic rings. The van der Waals surface area contributed by atoms with Crippen LogP contribution in [0.15, 0.2) is 35.4 Å². The zero-order chi connectivity index (χ0) is 18.0. The number of carbonyl (C=O) groups is 1. The van der Waals surface area contributed by atoms with Crippen molar-refractivity contribution in [2.75, 3.05) is 6.79 Å². The summed E-state index contributed by atoms with van der Waals surface area (Å²) in [6, 6.07) is 8.01. The fourth-order valence-electron chi connectivity index (χ4n) is 2.32. The molecule has 0 fully saturated rings. The van der Waals surface area contributed by atoms with Crippen LogP contribution < -0.4 is 14.9 Å². The van der Waals surface area contributed by atoms with Gasteiger partial charge >= 0.3 is 0 Å². The molecule has 1 aliphatic rings. The Kier molecular flexibility index (Phi) is 4.34. The first-order chi connectivity index (χ1) is 12.0. The summed E-state index contributed by atoms with van der Waals surface area (Å²) in [5.41, 5.74) is 4.91. The van der Waals surface area contributed by atoms with Gasteiger partial charge in [-0.1, -0.05) is 6.07 Å². The summed E-state index contributed by atoms with van der Waals surface area (Å²) in [4.78, 5) is 22.7. The Bertz CT molecular complexity index is 892. The second-order valence-electron chi connectivity index (χ2n) is 5.52. The molecule has 0 saturated carbocycles. The summed E-state index contributed by atoms with van der Waals surface area (Å²) in [6.07, 6.45) is 1.21. The second kappa shape index (κ2) is 6.60. The fraction of sp³-hybridized carbons (Fsp3) is 0.176. The summed E-state index contributed by atoms with van der Waals surface area (Å²) >= 11 is 0. The van der Waals surface area contributed by atoms with Gasteiger partial charge in [0.25, 0.3) is 11.6 Å². The van der Waals surface area contributed by atoms with E-state index in [9.17, 15) is 14.9 Å². The molecule has 0 unspecified atom stereocenters. The van der Waals surface area contributed by atoms with Crippen LogP contribution >= 0.6 is 0 Å². The first-order valence-corrected chi connectivity index (χ1v) is 7.44. The smallest absolute Gasteiger partial charge is 0.282 e. The van der Waals surface area contributed by atoms with E-state index >= 15 is 0 Å². The lowest BCUT2D eigenvalue weighted by molar-refractivity contribution is -0.385. The van der Waals surface area contributed by atoms with Crippen molar-refractivity contribution in [2.24, 2.45) is 5.10 Å². The van der Waals surface area contributed by atoms with Gasteiger partial charge in [0.1, 0.15) is 0 Å². The standard InChI is InChI=1S/C17H15N3O5/c1-10-3-4-12(5-11(10)2)17(21)19-18-8-13-6-15-16(25-9-24-15)7-14(13)20(22)23/h3-8H,9H2,1-2H3,(H,19,21). The van der Waals surface area contributed by atoms with Crippen LogP contribution in [0.4, 0.5) is 5.69 Å². The summed E-state index contributed by atoms with van der Waals surface area (Å²) < 4.78 is 10.3. The van der Waals surface area contributed by atoms with Crippen molar-refractivity contribution < 1.29 is 19.2 Å². The Morgan fingerprint density at radius 3 is 2.60 bits per heavy atom. The zero-order valence-corrected chi connectivity index (χ0v) is 13.6. The average Bonchev–Trinajstić information content (AvgIpc) is 3.03. The number of hydrazone groups is 1. The Labute approximate surface area is 143 Å². The van der Waals surface area contributed by atoms with Crippen LogP contribution in [-0.2, 0) is 0 Å². The van der Waals surface area contributed by atoms with Gasteiger partial charge in [0.05, 0.1) is 22.8 Å². The van der Waals surface area contributed by atoms with E-state index in [4.69, 9.17) is 9.47 Å². The van der Waals surface area contributed by atoms with Crippen LogP contribution in [0, 0.1) is 24.0 Å². The lowest BCUT2D eigenvalue weighted by Gasteiger charge is -2.04. The van der Waals surface area contributed by atoms with Crippen LogP contribution in [0.3, 0.4) is 0 Å². The van der Waals surface area contributed by atoms with E-state index in [1.165, 1.54) is 18.3 Å². The van der Waals surface area contributed by atoms with Gasteiger partial charge in [-0.15, -0.1) is 0 Å². The molecule has 2 aromatic carbocycles. The molecule has 0 aromatic heterocycles. The summed E-state index contributed by atoms with van der Waals surface area (Å²) in [5.74, 6) is 0.304. The minimum absolute atomic E-state index is 0.0105. The molecular formula is C17H15N3O5. The van der Waals surface area contributed by atoms with E-state index in [0.29, 0.717) is 17.1 Å². The van der Waals surface area contributed by atoms with E-state index in [2.05, 4.69) is 10.5 Å². The highest BCUT2D eigenvalue weighted by Gasteiger charge is 2.22. The van der Waals surface area contributed by atoms with Crippen molar-refractivity contribution in [2.45, 2.75) is 13.8 Å². The molecule has 0 aliphatic carbocycles. The lowest BCUT2D eigenvalue weighted by Crippen LogP contribution is -2.17. The van der Waals surface area contributed by atoms with Crippen LogP contribution in [0.1, 0.15) is 27.0 Å². The van der Waals surface area contributed by atoms with Crippen LogP contribution in [0.5, 0.6) is 11.5 Å². The van der Waals surface area contributed by atoms with Gasteiger partial charge in [-0.25, -0.2) is 5.43 Å². The number of amides is 1. The molecule has 0 spiro atoms. The number of nitro groups is 1. The number of nitro benzene ring substituents is 1. The van der Waals surface area contributed by atoms with Crippen molar-refractivity contribution in [1.82, 2.24) is 5.43 Å². The van der Waals surface area contributed by atoms with Crippen LogP contribution in [0.25, 0.3) is 0 Å². The van der Waals surface area contributed by atoms with Crippen molar-refractivity contribution >= 4 is 17.8 Å². The normalized spacial score (nSPS) is 12.4. The maximum absolute atomic E-state index is 12.1. The number of ether oxygens (including phenoxy) is 2. The third-order valence-electron chi connectivity index (χ3n) is 3.86. The van der Waals surface area contributed by atoms with Crippen LogP contribution in [0.2, 0.25) is 0 Å². The Balaban J connectivity index is 1.79. The summed E-state index contributed by atoms with van der Waals surface area (Å²) in [7, 11) is 0. The number of hydrogen-bond donors (Lipinski definition) is 1. The number of nitrogens with one attached hydrogen (secondary N) is 1. The summed E-state index contributed by atoms with van der Waals surface area (Å²) in [6.45, 7) is 3.87. The quantitative estimate of drug-likeness (QED) is 0.523. The third kappa shape index (κ3) is 3.42.